The molecule has 28 heavy (non-hydrogen) atoms. The highest BCUT2D eigenvalue weighted by molar-refractivity contribution is 5.79. The van der Waals surface area contributed by atoms with Gasteiger partial charge in [0, 0.05) is 12.7 Å². The third-order valence-corrected chi connectivity index (χ3v) is 4.03. The van der Waals surface area contributed by atoms with Crippen LogP contribution in [0.1, 0.15) is 19.5 Å². The molecule has 150 valence electrons. The van der Waals surface area contributed by atoms with Gasteiger partial charge in [0.1, 0.15) is 11.5 Å². The number of hydrogen-bond acceptors (Lipinski definition) is 6. The summed E-state index contributed by atoms with van der Waals surface area (Å²) in [6.45, 7) is 4.57. The maximum atomic E-state index is 12.7. The quantitative estimate of drug-likeness (QED) is 0.584. The molecule has 1 aromatic carbocycles. The summed E-state index contributed by atoms with van der Waals surface area (Å²) in [6.07, 6.45) is 1.66. The van der Waals surface area contributed by atoms with E-state index in [0.29, 0.717) is 12.4 Å². The third-order valence-electron chi connectivity index (χ3n) is 4.03. The molecule has 1 amide bonds. The zero-order chi connectivity index (χ0) is 20.4. The van der Waals surface area contributed by atoms with E-state index < -0.39 is 5.92 Å². The van der Waals surface area contributed by atoms with Crippen molar-refractivity contribution in [3.8, 4) is 11.5 Å². The Kier molecular flexibility index (Phi) is 8.27. The topological polar surface area (TPSA) is 78.0 Å². The normalized spacial score (nSPS) is 11.4. The van der Waals surface area contributed by atoms with E-state index in [0.717, 1.165) is 11.4 Å². The minimum Gasteiger partial charge on any atom is -0.494 e. The molecule has 1 aromatic heterocycles. The zero-order valence-corrected chi connectivity index (χ0v) is 16.5. The van der Waals surface area contributed by atoms with Gasteiger partial charge in [0.25, 0.3) is 5.91 Å². The van der Waals surface area contributed by atoms with E-state index in [1.807, 2.05) is 25.1 Å². The fourth-order valence-corrected chi connectivity index (χ4v) is 2.58. The van der Waals surface area contributed by atoms with E-state index in [1.165, 1.54) is 7.11 Å². The van der Waals surface area contributed by atoms with Crippen molar-refractivity contribution in [3.05, 3.63) is 54.4 Å². The molecule has 0 spiro atoms. The molecule has 0 bridgehead atoms. The van der Waals surface area contributed by atoms with Gasteiger partial charge in [-0.25, -0.2) is 0 Å². The number of esters is 1. The van der Waals surface area contributed by atoms with Gasteiger partial charge in [-0.15, -0.1) is 0 Å². The van der Waals surface area contributed by atoms with Crippen molar-refractivity contribution in [2.24, 2.45) is 5.92 Å². The van der Waals surface area contributed by atoms with Crippen LogP contribution in [0.4, 0.5) is 0 Å². The Hall–Kier alpha value is -3.09. The summed E-state index contributed by atoms with van der Waals surface area (Å²) in [5.74, 6) is 0.241. The molecule has 1 atom stereocenters. The summed E-state index contributed by atoms with van der Waals surface area (Å²) in [7, 11) is 1.33. The zero-order valence-electron chi connectivity index (χ0n) is 16.5. The van der Waals surface area contributed by atoms with E-state index in [-0.39, 0.29) is 31.6 Å². The van der Waals surface area contributed by atoms with Crippen molar-refractivity contribution >= 4 is 11.9 Å². The van der Waals surface area contributed by atoms with Gasteiger partial charge < -0.3 is 19.1 Å². The largest absolute Gasteiger partial charge is 0.494 e. The van der Waals surface area contributed by atoms with Crippen molar-refractivity contribution in [1.29, 1.82) is 0 Å². The van der Waals surface area contributed by atoms with E-state index in [1.54, 1.807) is 42.3 Å². The molecule has 0 saturated heterocycles. The highest BCUT2D eigenvalue weighted by atomic mass is 16.5. The first-order valence-corrected chi connectivity index (χ1v) is 9.14. The van der Waals surface area contributed by atoms with Gasteiger partial charge in [-0.3, -0.25) is 14.6 Å². The molecular weight excluding hydrogens is 360 g/mol. The van der Waals surface area contributed by atoms with E-state index in [4.69, 9.17) is 14.2 Å². The van der Waals surface area contributed by atoms with Gasteiger partial charge in [-0.2, -0.15) is 0 Å². The summed E-state index contributed by atoms with van der Waals surface area (Å²) >= 11 is 0. The first kappa shape index (κ1) is 21.2. The van der Waals surface area contributed by atoms with Crippen LogP contribution >= 0.6 is 0 Å². The van der Waals surface area contributed by atoms with Crippen LogP contribution in [-0.4, -0.2) is 48.6 Å². The lowest BCUT2D eigenvalue weighted by Crippen LogP contribution is -2.39. The molecule has 0 fully saturated rings. The number of pyridine rings is 1. The number of amides is 1. The average Bonchev–Trinajstić information content (AvgIpc) is 2.72. The summed E-state index contributed by atoms with van der Waals surface area (Å²) in [4.78, 5) is 30.3. The van der Waals surface area contributed by atoms with Gasteiger partial charge in [-0.1, -0.05) is 13.0 Å². The van der Waals surface area contributed by atoms with Crippen LogP contribution < -0.4 is 9.47 Å². The molecule has 2 aromatic rings. The predicted molar refractivity (Wildman–Crippen MR) is 104 cm³/mol. The molecule has 7 heteroatoms. The summed E-state index contributed by atoms with van der Waals surface area (Å²) < 4.78 is 15.8. The second kappa shape index (κ2) is 10.9. The summed E-state index contributed by atoms with van der Waals surface area (Å²) in [6, 6.07) is 12.6. The Balaban J connectivity index is 2.01. The Morgan fingerprint density at radius 3 is 2.32 bits per heavy atom. The molecule has 0 aliphatic heterocycles. The monoisotopic (exact) mass is 386 g/mol. The first-order chi connectivity index (χ1) is 13.5. The number of benzene rings is 1. The molecule has 7 nitrogen and oxygen atoms in total. The van der Waals surface area contributed by atoms with Gasteiger partial charge in [0.15, 0.2) is 6.61 Å². The maximum Gasteiger partial charge on any atom is 0.310 e. The SMILES string of the molecule is CCOc1ccc(OCC(=O)N(Cc2ccccn2)CC(C)C(=O)OC)cc1. The lowest BCUT2D eigenvalue weighted by atomic mass is 10.1. The molecule has 0 aliphatic rings. The minimum absolute atomic E-state index is 0.144. The smallest absolute Gasteiger partial charge is 0.310 e. The van der Waals surface area contributed by atoms with Gasteiger partial charge in [0.2, 0.25) is 0 Å². The lowest BCUT2D eigenvalue weighted by Gasteiger charge is -2.25. The first-order valence-electron chi connectivity index (χ1n) is 9.14. The Bertz CT molecular complexity index is 749. The molecule has 1 unspecified atom stereocenters. The third kappa shape index (κ3) is 6.57. The number of carbonyl (C=O) groups excluding carboxylic acids is 2. The number of hydrogen-bond donors (Lipinski definition) is 0. The van der Waals surface area contributed by atoms with Crippen molar-refractivity contribution in [3.63, 3.8) is 0 Å². The van der Waals surface area contributed by atoms with Crippen molar-refractivity contribution in [2.45, 2.75) is 20.4 Å². The summed E-state index contributed by atoms with van der Waals surface area (Å²) in [5.41, 5.74) is 0.731. The fraction of sp³-hybridized carbons (Fsp3) is 0.381. The Morgan fingerprint density at radius 2 is 1.75 bits per heavy atom. The van der Waals surface area contributed by atoms with E-state index in [9.17, 15) is 9.59 Å². The number of rotatable bonds is 10. The van der Waals surface area contributed by atoms with Gasteiger partial charge >= 0.3 is 5.97 Å². The molecule has 0 radical (unpaired) electrons. The van der Waals surface area contributed by atoms with Crippen LogP contribution in [0.25, 0.3) is 0 Å². The van der Waals surface area contributed by atoms with Crippen molar-refractivity contribution < 1.29 is 23.8 Å². The Morgan fingerprint density at radius 1 is 1.07 bits per heavy atom. The molecule has 2 rings (SSSR count). The van der Waals surface area contributed by atoms with Gasteiger partial charge in [-0.05, 0) is 43.3 Å². The van der Waals surface area contributed by atoms with E-state index >= 15 is 0 Å². The van der Waals surface area contributed by atoms with Crippen LogP contribution in [0.15, 0.2) is 48.7 Å². The molecule has 0 saturated carbocycles. The number of nitrogens with zero attached hydrogens (tertiary/aromatic N) is 2. The van der Waals surface area contributed by atoms with Crippen LogP contribution in [0.2, 0.25) is 0 Å². The van der Waals surface area contributed by atoms with E-state index in [2.05, 4.69) is 4.98 Å². The number of carbonyl (C=O) groups is 2. The molecule has 0 N–H and O–H groups in total. The number of ether oxygens (including phenoxy) is 3. The minimum atomic E-state index is -0.455. The average molecular weight is 386 g/mol. The molecule has 0 aliphatic carbocycles. The van der Waals surface area contributed by atoms with Gasteiger partial charge in [0.05, 0.1) is 31.9 Å². The Labute approximate surface area is 165 Å². The molecular formula is C21H26N2O5. The lowest BCUT2D eigenvalue weighted by molar-refractivity contribution is -0.147. The standard InChI is InChI=1S/C21H26N2O5/c1-4-27-18-8-10-19(11-9-18)28-15-20(24)23(13-16(2)21(25)26-3)14-17-7-5-6-12-22-17/h5-12,16H,4,13-15H2,1-3H3. The highest BCUT2D eigenvalue weighted by Gasteiger charge is 2.22. The van der Waals surface area contributed by atoms with Crippen LogP contribution in [0.5, 0.6) is 11.5 Å². The van der Waals surface area contributed by atoms with Crippen LogP contribution in [-0.2, 0) is 20.9 Å². The van der Waals surface area contributed by atoms with Crippen molar-refractivity contribution in [2.75, 3.05) is 26.9 Å². The molecule has 1 heterocycles. The number of methoxy groups -OCH3 is 1. The van der Waals surface area contributed by atoms with Crippen molar-refractivity contribution in [1.82, 2.24) is 9.88 Å². The number of aromatic nitrogens is 1. The fourth-order valence-electron chi connectivity index (χ4n) is 2.58. The highest BCUT2D eigenvalue weighted by Crippen LogP contribution is 2.18. The van der Waals surface area contributed by atoms with Crippen LogP contribution in [0, 0.1) is 5.92 Å². The second-order valence-electron chi connectivity index (χ2n) is 6.21. The maximum absolute atomic E-state index is 12.7. The van der Waals surface area contributed by atoms with Crippen LogP contribution in [0.3, 0.4) is 0 Å². The second-order valence-corrected chi connectivity index (χ2v) is 6.21. The predicted octanol–water partition coefficient (Wildman–Crippen LogP) is 2.70. The summed E-state index contributed by atoms with van der Waals surface area (Å²) in [5, 5.41) is 0.